The number of nitrogens with one attached hydrogen (secondary N) is 1. The highest BCUT2D eigenvalue weighted by atomic mass is 32.2. The van der Waals surface area contributed by atoms with Gasteiger partial charge in [-0.2, -0.15) is 0 Å². The average molecular weight is 313 g/mol. The van der Waals surface area contributed by atoms with Crippen LogP contribution < -0.4 is 15.4 Å². The summed E-state index contributed by atoms with van der Waals surface area (Å²) in [7, 11) is 0. The van der Waals surface area contributed by atoms with E-state index in [0.717, 1.165) is 23.7 Å². The van der Waals surface area contributed by atoms with Crippen LogP contribution in [0, 0.1) is 0 Å². The van der Waals surface area contributed by atoms with Crippen LogP contribution in [0.2, 0.25) is 0 Å². The molecule has 3 rings (SSSR count). The zero-order chi connectivity index (χ0) is 15.4. The number of hydrogen-bond acceptors (Lipinski definition) is 4. The normalized spacial score (nSPS) is 14.0. The molecule has 3 nitrogen and oxygen atoms in total. The van der Waals surface area contributed by atoms with Gasteiger partial charge in [0.2, 0.25) is 0 Å². The van der Waals surface area contributed by atoms with E-state index in [2.05, 4.69) is 40.8 Å². The van der Waals surface area contributed by atoms with E-state index < -0.39 is 0 Å². The number of nitrogens with two attached hydrogens (primary N) is 1. The van der Waals surface area contributed by atoms with E-state index in [1.165, 1.54) is 36.2 Å². The van der Waals surface area contributed by atoms with Gasteiger partial charge >= 0.3 is 0 Å². The van der Waals surface area contributed by atoms with Crippen LogP contribution in [0.3, 0.4) is 0 Å². The van der Waals surface area contributed by atoms with Crippen molar-refractivity contribution in [2.45, 2.75) is 31.2 Å². The summed E-state index contributed by atoms with van der Waals surface area (Å²) in [5.41, 5.74) is 10.8. The first-order chi connectivity index (χ1) is 10.8. The summed E-state index contributed by atoms with van der Waals surface area (Å²) in [6, 6.07) is 14.8. The van der Waals surface area contributed by atoms with E-state index in [0.29, 0.717) is 0 Å². The summed E-state index contributed by atoms with van der Waals surface area (Å²) < 4.78 is 3.42. The number of nitrogens with zero attached hydrogens (tertiary/aromatic N) is 1. The van der Waals surface area contributed by atoms with Crippen LogP contribution in [0.1, 0.15) is 24.5 Å². The molecule has 0 atom stereocenters. The minimum atomic E-state index is 0.806. The van der Waals surface area contributed by atoms with Gasteiger partial charge in [-0.1, -0.05) is 18.2 Å². The van der Waals surface area contributed by atoms with Crippen LogP contribution in [-0.2, 0) is 13.0 Å². The van der Waals surface area contributed by atoms with Crippen molar-refractivity contribution >= 4 is 23.3 Å². The molecule has 1 aliphatic rings. The molecule has 2 aromatic carbocycles. The Morgan fingerprint density at radius 1 is 1.23 bits per heavy atom. The van der Waals surface area contributed by atoms with Crippen molar-refractivity contribution in [3.8, 4) is 0 Å². The van der Waals surface area contributed by atoms with Gasteiger partial charge in [0, 0.05) is 35.9 Å². The Kier molecular flexibility index (Phi) is 4.90. The molecule has 0 bridgehead atoms. The van der Waals surface area contributed by atoms with Gasteiger partial charge in [-0.3, -0.25) is 4.72 Å². The Balaban J connectivity index is 1.61. The first-order valence-corrected chi connectivity index (χ1v) is 8.70. The van der Waals surface area contributed by atoms with Crippen LogP contribution in [-0.4, -0.2) is 13.1 Å². The van der Waals surface area contributed by atoms with Gasteiger partial charge in [0.1, 0.15) is 0 Å². The maximum atomic E-state index is 5.80. The summed E-state index contributed by atoms with van der Waals surface area (Å²) in [5.74, 6) is 0. The SMILES string of the molecule is CCN1CCCc2cc(CNSc3cccc(N)c3)ccc21. The van der Waals surface area contributed by atoms with Gasteiger partial charge in [-0.05, 0) is 67.1 Å². The predicted molar refractivity (Wildman–Crippen MR) is 96.2 cm³/mol. The quantitative estimate of drug-likeness (QED) is 0.650. The fourth-order valence-electron chi connectivity index (χ4n) is 2.95. The lowest BCUT2D eigenvalue weighted by molar-refractivity contribution is 0.706. The van der Waals surface area contributed by atoms with Gasteiger partial charge in [-0.15, -0.1) is 0 Å². The van der Waals surface area contributed by atoms with E-state index in [9.17, 15) is 0 Å². The van der Waals surface area contributed by atoms with E-state index >= 15 is 0 Å². The maximum absolute atomic E-state index is 5.80. The van der Waals surface area contributed by atoms with E-state index in [-0.39, 0.29) is 0 Å². The molecular weight excluding hydrogens is 290 g/mol. The third-order valence-electron chi connectivity index (χ3n) is 4.06. The number of anilines is 2. The summed E-state index contributed by atoms with van der Waals surface area (Å²) in [4.78, 5) is 3.62. The van der Waals surface area contributed by atoms with Gasteiger partial charge in [0.05, 0.1) is 0 Å². The number of fused-ring (bicyclic) bond motifs is 1. The molecule has 0 aromatic heterocycles. The zero-order valence-electron chi connectivity index (χ0n) is 13.0. The van der Waals surface area contributed by atoms with Crippen molar-refractivity contribution in [1.29, 1.82) is 0 Å². The fourth-order valence-corrected chi connectivity index (χ4v) is 3.69. The van der Waals surface area contributed by atoms with Crippen molar-refractivity contribution in [2.75, 3.05) is 23.7 Å². The van der Waals surface area contributed by atoms with E-state index in [1.807, 2.05) is 18.2 Å². The number of nitrogen functional groups attached to an aromatic ring is 1. The van der Waals surface area contributed by atoms with Crippen molar-refractivity contribution in [3.63, 3.8) is 0 Å². The topological polar surface area (TPSA) is 41.3 Å². The molecule has 1 heterocycles. The van der Waals surface area contributed by atoms with Gasteiger partial charge in [-0.25, -0.2) is 0 Å². The molecule has 0 amide bonds. The molecule has 0 unspecified atom stereocenters. The third kappa shape index (κ3) is 3.57. The Bertz CT molecular complexity index is 642. The monoisotopic (exact) mass is 313 g/mol. The maximum Gasteiger partial charge on any atom is 0.0398 e. The Morgan fingerprint density at radius 3 is 2.95 bits per heavy atom. The second kappa shape index (κ2) is 7.07. The fraction of sp³-hybridized carbons (Fsp3) is 0.333. The van der Waals surface area contributed by atoms with Gasteiger partial charge < -0.3 is 10.6 Å². The lowest BCUT2D eigenvalue weighted by Crippen LogP contribution is -2.29. The zero-order valence-corrected chi connectivity index (χ0v) is 13.8. The van der Waals surface area contributed by atoms with Crippen LogP contribution in [0.15, 0.2) is 47.4 Å². The lowest BCUT2D eigenvalue weighted by atomic mass is 9.99. The van der Waals surface area contributed by atoms with Crippen molar-refractivity contribution in [3.05, 3.63) is 53.6 Å². The largest absolute Gasteiger partial charge is 0.399 e. The molecule has 1 aliphatic heterocycles. The van der Waals surface area contributed by atoms with Crippen LogP contribution >= 0.6 is 11.9 Å². The van der Waals surface area contributed by atoms with E-state index in [4.69, 9.17) is 5.73 Å². The van der Waals surface area contributed by atoms with E-state index in [1.54, 1.807) is 11.9 Å². The highest BCUT2D eigenvalue weighted by Gasteiger charge is 2.15. The molecular formula is C18H23N3S. The summed E-state index contributed by atoms with van der Waals surface area (Å²) in [5, 5.41) is 0. The second-order valence-electron chi connectivity index (χ2n) is 5.64. The standard InChI is InChI=1S/C18H23N3S/c1-2-21-10-4-5-15-11-14(8-9-18(15)21)13-20-22-17-7-3-6-16(19)12-17/h3,6-9,11-12,20H,2,4-5,10,13,19H2,1H3. The highest BCUT2D eigenvalue weighted by Crippen LogP contribution is 2.28. The number of rotatable bonds is 5. The Morgan fingerprint density at radius 2 is 2.14 bits per heavy atom. The van der Waals surface area contributed by atoms with Crippen molar-refractivity contribution in [2.24, 2.45) is 0 Å². The molecule has 116 valence electrons. The average Bonchev–Trinajstić information content (AvgIpc) is 2.54. The van der Waals surface area contributed by atoms with Gasteiger partial charge in [0.15, 0.2) is 0 Å². The Hall–Kier alpha value is -1.65. The molecule has 0 spiro atoms. The third-order valence-corrected chi connectivity index (χ3v) is 4.84. The second-order valence-corrected chi connectivity index (χ2v) is 6.61. The summed E-state index contributed by atoms with van der Waals surface area (Å²) in [6.07, 6.45) is 2.46. The van der Waals surface area contributed by atoms with Crippen molar-refractivity contribution in [1.82, 2.24) is 4.72 Å². The first kappa shape index (κ1) is 15.3. The Labute approximate surface area is 137 Å². The molecule has 0 aliphatic carbocycles. The lowest BCUT2D eigenvalue weighted by Gasteiger charge is -2.30. The van der Waals surface area contributed by atoms with Crippen LogP contribution in [0.4, 0.5) is 11.4 Å². The van der Waals surface area contributed by atoms with Crippen LogP contribution in [0.5, 0.6) is 0 Å². The molecule has 0 saturated carbocycles. The molecule has 2 aromatic rings. The summed E-state index contributed by atoms with van der Waals surface area (Å²) >= 11 is 1.63. The van der Waals surface area contributed by atoms with Gasteiger partial charge in [0.25, 0.3) is 0 Å². The molecule has 22 heavy (non-hydrogen) atoms. The summed E-state index contributed by atoms with van der Waals surface area (Å²) in [6.45, 7) is 5.37. The smallest absolute Gasteiger partial charge is 0.0398 e. The number of benzene rings is 2. The van der Waals surface area contributed by atoms with Crippen molar-refractivity contribution < 1.29 is 0 Å². The molecule has 4 heteroatoms. The highest BCUT2D eigenvalue weighted by molar-refractivity contribution is 7.97. The predicted octanol–water partition coefficient (Wildman–Crippen LogP) is 3.84. The minimum Gasteiger partial charge on any atom is -0.399 e. The number of aryl methyl sites for hydroxylation is 1. The molecule has 0 saturated heterocycles. The molecule has 0 radical (unpaired) electrons. The minimum absolute atomic E-state index is 0.806. The first-order valence-electron chi connectivity index (χ1n) is 7.88. The molecule has 0 fully saturated rings. The number of hydrogen-bond donors (Lipinski definition) is 2. The molecule has 3 N–H and O–H groups in total. The van der Waals surface area contributed by atoms with Crippen LogP contribution in [0.25, 0.3) is 0 Å².